The molecule has 0 bridgehead atoms. The minimum Gasteiger partial charge on any atom is -0.482 e. The molecule has 6 heteroatoms. The smallest absolute Gasteiger partial charge is 0.277 e. The summed E-state index contributed by atoms with van der Waals surface area (Å²) in [5, 5.41) is 4.76. The number of hydrazone groups is 1. The molecular weight excluding hydrogens is 347 g/mol. The van der Waals surface area contributed by atoms with Crippen molar-refractivity contribution in [3.8, 4) is 5.75 Å². The van der Waals surface area contributed by atoms with E-state index in [0.29, 0.717) is 21.7 Å². The SMILES string of the molecule is CC(C)c1ccc(C=NNC(=O)COc2ccc(Cl)cc2Cl)cc1. The molecule has 0 saturated heterocycles. The van der Waals surface area contributed by atoms with Crippen LogP contribution < -0.4 is 10.2 Å². The number of nitrogens with zero attached hydrogens (tertiary/aromatic N) is 1. The van der Waals surface area contributed by atoms with E-state index in [1.807, 2.05) is 24.3 Å². The van der Waals surface area contributed by atoms with E-state index in [-0.39, 0.29) is 12.5 Å². The quantitative estimate of drug-likeness (QED) is 0.599. The van der Waals surface area contributed by atoms with Gasteiger partial charge in [-0.05, 0) is 35.2 Å². The van der Waals surface area contributed by atoms with E-state index in [9.17, 15) is 4.79 Å². The molecule has 24 heavy (non-hydrogen) atoms. The predicted octanol–water partition coefficient (Wildman–Crippen LogP) is 4.65. The molecule has 0 aliphatic rings. The summed E-state index contributed by atoms with van der Waals surface area (Å²) in [6.07, 6.45) is 1.58. The fourth-order valence-electron chi connectivity index (χ4n) is 1.91. The summed E-state index contributed by atoms with van der Waals surface area (Å²) in [7, 11) is 0. The normalized spacial score (nSPS) is 11.0. The number of carbonyl (C=O) groups is 1. The zero-order valence-corrected chi connectivity index (χ0v) is 14.9. The predicted molar refractivity (Wildman–Crippen MR) is 98.2 cm³/mol. The summed E-state index contributed by atoms with van der Waals surface area (Å²) < 4.78 is 5.32. The first-order valence-corrected chi connectivity index (χ1v) is 8.21. The minimum atomic E-state index is -0.379. The molecule has 126 valence electrons. The van der Waals surface area contributed by atoms with Crippen LogP contribution >= 0.6 is 23.2 Å². The van der Waals surface area contributed by atoms with Crippen molar-refractivity contribution in [2.75, 3.05) is 6.61 Å². The van der Waals surface area contributed by atoms with Crippen molar-refractivity contribution in [3.05, 3.63) is 63.6 Å². The first-order chi connectivity index (χ1) is 11.5. The first-order valence-electron chi connectivity index (χ1n) is 7.45. The van der Waals surface area contributed by atoms with Crippen molar-refractivity contribution in [2.24, 2.45) is 5.10 Å². The molecule has 2 aromatic rings. The number of amides is 1. The molecule has 0 atom stereocenters. The van der Waals surface area contributed by atoms with E-state index in [4.69, 9.17) is 27.9 Å². The van der Waals surface area contributed by atoms with Crippen molar-refractivity contribution in [2.45, 2.75) is 19.8 Å². The second kappa shape index (κ2) is 8.71. The van der Waals surface area contributed by atoms with Crippen LogP contribution in [-0.4, -0.2) is 18.7 Å². The maximum absolute atomic E-state index is 11.7. The minimum absolute atomic E-state index is 0.190. The fourth-order valence-corrected chi connectivity index (χ4v) is 2.38. The van der Waals surface area contributed by atoms with Crippen LogP contribution in [0.15, 0.2) is 47.6 Å². The lowest BCUT2D eigenvalue weighted by Crippen LogP contribution is -2.24. The van der Waals surface area contributed by atoms with Crippen molar-refractivity contribution in [1.29, 1.82) is 0 Å². The fraction of sp³-hybridized carbons (Fsp3) is 0.222. The van der Waals surface area contributed by atoms with Crippen molar-refractivity contribution in [3.63, 3.8) is 0 Å². The summed E-state index contributed by atoms with van der Waals surface area (Å²) in [5.41, 5.74) is 4.56. The van der Waals surface area contributed by atoms with Crippen LogP contribution in [0.1, 0.15) is 30.9 Å². The Bertz CT molecular complexity index is 728. The van der Waals surface area contributed by atoms with Crippen LogP contribution in [0, 0.1) is 0 Å². The second-order valence-corrected chi connectivity index (χ2v) is 6.32. The Kier molecular flexibility index (Phi) is 6.64. The zero-order chi connectivity index (χ0) is 17.5. The molecule has 1 N–H and O–H groups in total. The molecule has 0 saturated carbocycles. The topological polar surface area (TPSA) is 50.7 Å². The first kappa shape index (κ1) is 18.3. The number of hydrogen-bond acceptors (Lipinski definition) is 3. The van der Waals surface area contributed by atoms with Crippen LogP contribution in [0.5, 0.6) is 5.75 Å². The number of benzene rings is 2. The number of carbonyl (C=O) groups excluding carboxylic acids is 1. The van der Waals surface area contributed by atoms with E-state index in [1.54, 1.807) is 24.4 Å². The molecular formula is C18H18Cl2N2O2. The van der Waals surface area contributed by atoms with Gasteiger partial charge in [0, 0.05) is 5.02 Å². The molecule has 1 amide bonds. The lowest BCUT2D eigenvalue weighted by atomic mass is 10.0. The van der Waals surface area contributed by atoms with Crippen molar-refractivity contribution >= 4 is 35.3 Å². The van der Waals surface area contributed by atoms with Crippen LogP contribution in [0.3, 0.4) is 0 Å². The highest BCUT2D eigenvalue weighted by Gasteiger charge is 2.05. The van der Waals surface area contributed by atoms with Gasteiger partial charge in [-0.1, -0.05) is 61.3 Å². The molecule has 0 heterocycles. The van der Waals surface area contributed by atoms with Gasteiger partial charge in [0.15, 0.2) is 6.61 Å². The van der Waals surface area contributed by atoms with Crippen LogP contribution in [0.25, 0.3) is 0 Å². The summed E-state index contributed by atoms with van der Waals surface area (Å²) in [4.78, 5) is 11.7. The van der Waals surface area contributed by atoms with E-state index in [0.717, 1.165) is 5.56 Å². The van der Waals surface area contributed by atoms with E-state index < -0.39 is 0 Å². The highest BCUT2D eigenvalue weighted by molar-refractivity contribution is 6.35. The van der Waals surface area contributed by atoms with Crippen LogP contribution in [0.4, 0.5) is 0 Å². The number of ether oxygens (including phenoxy) is 1. The van der Waals surface area contributed by atoms with E-state index in [2.05, 4.69) is 24.4 Å². The average Bonchev–Trinajstić information content (AvgIpc) is 2.54. The third kappa shape index (κ3) is 5.55. The molecule has 2 rings (SSSR count). The molecule has 0 spiro atoms. The van der Waals surface area contributed by atoms with E-state index >= 15 is 0 Å². The molecule has 0 aliphatic carbocycles. The molecule has 0 aliphatic heterocycles. The van der Waals surface area contributed by atoms with Gasteiger partial charge < -0.3 is 4.74 Å². The Morgan fingerprint density at radius 1 is 1.21 bits per heavy atom. The van der Waals surface area contributed by atoms with Gasteiger partial charge in [0.05, 0.1) is 11.2 Å². The maximum atomic E-state index is 11.7. The van der Waals surface area contributed by atoms with Crippen LogP contribution in [0.2, 0.25) is 10.0 Å². The molecule has 0 aromatic heterocycles. The Labute approximate surface area is 151 Å². The summed E-state index contributed by atoms with van der Waals surface area (Å²) in [6, 6.07) is 12.8. The standard InChI is InChI=1S/C18H18Cl2N2O2/c1-12(2)14-5-3-13(4-6-14)10-21-22-18(23)11-24-17-8-7-15(19)9-16(17)20/h3-10,12H,11H2,1-2H3,(H,22,23). The average molecular weight is 365 g/mol. The zero-order valence-electron chi connectivity index (χ0n) is 13.4. The third-order valence-electron chi connectivity index (χ3n) is 3.26. The summed E-state index contributed by atoms with van der Waals surface area (Å²) in [5.74, 6) is 0.494. The van der Waals surface area contributed by atoms with Gasteiger partial charge in [-0.25, -0.2) is 5.43 Å². The largest absolute Gasteiger partial charge is 0.482 e. The molecule has 2 aromatic carbocycles. The lowest BCUT2D eigenvalue weighted by Gasteiger charge is -2.07. The maximum Gasteiger partial charge on any atom is 0.277 e. The highest BCUT2D eigenvalue weighted by Crippen LogP contribution is 2.27. The Morgan fingerprint density at radius 3 is 2.54 bits per heavy atom. The molecule has 0 fully saturated rings. The number of nitrogens with one attached hydrogen (secondary N) is 1. The Morgan fingerprint density at radius 2 is 1.92 bits per heavy atom. The third-order valence-corrected chi connectivity index (χ3v) is 3.79. The number of halogens is 2. The van der Waals surface area contributed by atoms with Gasteiger partial charge in [-0.15, -0.1) is 0 Å². The van der Waals surface area contributed by atoms with E-state index in [1.165, 1.54) is 5.56 Å². The van der Waals surface area contributed by atoms with Crippen LogP contribution in [-0.2, 0) is 4.79 Å². The van der Waals surface area contributed by atoms with Gasteiger partial charge in [-0.2, -0.15) is 5.10 Å². The van der Waals surface area contributed by atoms with Gasteiger partial charge >= 0.3 is 0 Å². The van der Waals surface area contributed by atoms with Gasteiger partial charge in [0.25, 0.3) is 5.91 Å². The van der Waals surface area contributed by atoms with Crippen molar-refractivity contribution < 1.29 is 9.53 Å². The lowest BCUT2D eigenvalue weighted by molar-refractivity contribution is -0.123. The van der Waals surface area contributed by atoms with Gasteiger partial charge in [0.2, 0.25) is 0 Å². The second-order valence-electron chi connectivity index (χ2n) is 5.48. The Balaban J connectivity index is 1.82. The van der Waals surface area contributed by atoms with Crippen molar-refractivity contribution in [1.82, 2.24) is 5.43 Å². The van der Waals surface area contributed by atoms with Gasteiger partial charge in [0.1, 0.15) is 5.75 Å². The number of hydrogen-bond donors (Lipinski definition) is 1. The summed E-state index contributed by atoms with van der Waals surface area (Å²) >= 11 is 11.8. The monoisotopic (exact) mass is 364 g/mol. The highest BCUT2D eigenvalue weighted by atomic mass is 35.5. The number of rotatable bonds is 6. The molecule has 4 nitrogen and oxygen atoms in total. The van der Waals surface area contributed by atoms with Gasteiger partial charge in [-0.3, -0.25) is 4.79 Å². The Hall–Kier alpha value is -2.04. The summed E-state index contributed by atoms with van der Waals surface area (Å²) in [6.45, 7) is 4.08. The molecule has 0 radical (unpaired) electrons. The molecule has 0 unspecified atom stereocenters.